The Labute approximate surface area is 178 Å². The number of nitrogens with zero attached hydrogens (tertiary/aromatic N) is 3. The minimum absolute atomic E-state index is 0.0359. The van der Waals surface area contributed by atoms with Crippen molar-refractivity contribution in [2.45, 2.75) is 64.0 Å². The fourth-order valence-corrected chi connectivity index (χ4v) is 4.67. The van der Waals surface area contributed by atoms with E-state index in [0.717, 1.165) is 43.6 Å². The zero-order valence-corrected chi connectivity index (χ0v) is 17.8. The first-order chi connectivity index (χ1) is 14.4. The van der Waals surface area contributed by atoms with Crippen molar-refractivity contribution in [2.24, 2.45) is 0 Å². The Balaban J connectivity index is 1.38. The Morgan fingerprint density at radius 3 is 2.48 bits per heavy atom. The molecule has 3 heterocycles. The van der Waals surface area contributed by atoms with E-state index in [1.807, 2.05) is 11.8 Å². The lowest BCUT2D eigenvalue weighted by Crippen LogP contribution is -2.59. The second-order valence-electron chi connectivity index (χ2n) is 9.22. The summed E-state index contributed by atoms with van der Waals surface area (Å²) in [5.74, 6) is -0.164. The number of hydrogen-bond donors (Lipinski definition) is 2. The monoisotopic (exact) mass is 441 g/mol. The number of likely N-dealkylation sites (tertiary alicyclic amines) is 1. The first kappa shape index (κ1) is 22.0. The third kappa shape index (κ3) is 4.41. The lowest BCUT2D eigenvalue weighted by Gasteiger charge is -2.41. The highest BCUT2D eigenvalue weighted by Crippen LogP contribution is 2.32. The van der Waals surface area contributed by atoms with Crippen LogP contribution >= 0.6 is 0 Å². The first-order valence-corrected chi connectivity index (χ1v) is 10.4. The summed E-state index contributed by atoms with van der Waals surface area (Å²) in [7, 11) is 0. The average Bonchev–Trinajstić information content (AvgIpc) is 3.11. The van der Waals surface area contributed by atoms with Gasteiger partial charge in [0.15, 0.2) is 0 Å². The highest BCUT2D eigenvalue weighted by Gasteiger charge is 2.49. The van der Waals surface area contributed by atoms with Crippen LogP contribution in [-0.4, -0.2) is 69.1 Å². The summed E-state index contributed by atoms with van der Waals surface area (Å²) < 4.78 is 52.8. The molecule has 6 nitrogen and oxygen atoms in total. The summed E-state index contributed by atoms with van der Waals surface area (Å²) in [6.07, 6.45) is -2.70. The third-order valence-electron chi connectivity index (χ3n) is 6.36. The van der Waals surface area contributed by atoms with Gasteiger partial charge in [0, 0.05) is 25.2 Å². The molecular formula is C21H27F4N5O. The Bertz CT molecular complexity index is 972. The first-order valence-electron chi connectivity index (χ1n) is 10.4. The SMILES string of the molecule is Cc1cc(F)cc2[nH]c(CN3CC4CCC(C3)N4CC(=O)NC(C)(C)C(F)(F)F)nc12. The van der Waals surface area contributed by atoms with Gasteiger partial charge in [-0.3, -0.25) is 14.6 Å². The fourth-order valence-electron chi connectivity index (χ4n) is 4.67. The standard InChI is InChI=1S/C21H27F4N5O/c1-12-6-13(22)7-16-19(12)27-17(26-16)10-29-8-14-4-5-15(9-29)30(14)11-18(31)28-20(2,3)21(23,24)25/h6-7,14-15H,4-5,8-11H2,1-3H3,(H,26,27)(H,28,31). The highest BCUT2D eigenvalue weighted by molar-refractivity contribution is 5.79. The number of aryl methyl sites for hydroxylation is 1. The number of benzene rings is 1. The molecule has 2 aromatic rings. The topological polar surface area (TPSA) is 64.3 Å². The summed E-state index contributed by atoms with van der Waals surface area (Å²) in [4.78, 5) is 24.4. The number of carbonyl (C=O) groups is 1. The molecule has 2 unspecified atom stereocenters. The number of aromatic nitrogens is 2. The predicted molar refractivity (Wildman–Crippen MR) is 108 cm³/mol. The van der Waals surface area contributed by atoms with Crippen molar-refractivity contribution in [1.82, 2.24) is 25.1 Å². The van der Waals surface area contributed by atoms with Crippen LogP contribution in [0, 0.1) is 12.7 Å². The van der Waals surface area contributed by atoms with Crippen LogP contribution in [0.2, 0.25) is 0 Å². The van der Waals surface area contributed by atoms with Crippen LogP contribution in [0.5, 0.6) is 0 Å². The van der Waals surface area contributed by atoms with Crippen molar-refractivity contribution < 1.29 is 22.4 Å². The van der Waals surface area contributed by atoms with Gasteiger partial charge in [-0.2, -0.15) is 13.2 Å². The minimum atomic E-state index is -4.51. The van der Waals surface area contributed by atoms with Gasteiger partial charge in [0.1, 0.15) is 17.2 Å². The molecule has 2 atom stereocenters. The molecule has 1 amide bonds. The number of halogens is 4. The van der Waals surface area contributed by atoms with Crippen LogP contribution in [0.3, 0.4) is 0 Å². The maximum absolute atomic E-state index is 13.6. The van der Waals surface area contributed by atoms with Crippen molar-refractivity contribution in [3.63, 3.8) is 0 Å². The maximum atomic E-state index is 13.6. The van der Waals surface area contributed by atoms with Crippen LogP contribution < -0.4 is 5.32 Å². The number of aromatic amines is 1. The van der Waals surface area contributed by atoms with Crippen molar-refractivity contribution in [2.75, 3.05) is 19.6 Å². The number of imidazole rings is 1. The molecule has 31 heavy (non-hydrogen) atoms. The van der Waals surface area contributed by atoms with Crippen LogP contribution in [-0.2, 0) is 11.3 Å². The Morgan fingerprint density at radius 1 is 1.23 bits per heavy atom. The highest BCUT2D eigenvalue weighted by atomic mass is 19.4. The molecule has 170 valence electrons. The molecule has 2 aliphatic rings. The van der Waals surface area contributed by atoms with Gasteiger partial charge in [0.25, 0.3) is 0 Å². The van der Waals surface area contributed by atoms with E-state index >= 15 is 0 Å². The minimum Gasteiger partial charge on any atom is -0.341 e. The van der Waals surface area contributed by atoms with Crippen LogP contribution in [0.1, 0.15) is 38.1 Å². The molecule has 0 saturated carbocycles. The molecule has 0 radical (unpaired) electrons. The van der Waals surface area contributed by atoms with E-state index in [-0.39, 0.29) is 24.4 Å². The summed E-state index contributed by atoms with van der Waals surface area (Å²) in [5, 5.41) is 2.12. The van der Waals surface area contributed by atoms with E-state index in [1.165, 1.54) is 12.1 Å². The molecule has 1 aromatic carbocycles. The van der Waals surface area contributed by atoms with Crippen molar-refractivity contribution in [3.8, 4) is 0 Å². The van der Waals surface area contributed by atoms with Gasteiger partial charge in [-0.25, -0.2) is 9.37 Å². The van der Waals surface area contributed by atoms with E-state index in [1.54, 1.807) is 0 Å². The Morgan fingerprint density at radius 2 is 1.87 bits per heavy atom. The molecule has 4 rings (SSSR count). The Hall–Kier alpha value is -2.20. The van der Waals surface area contributed by atoms with Gasteiger partial charge in [-0.1, -0.05) is 0 Å². The predicted octanol–water partition coefficient (Wildman–Crippen LogP) is 3.12. The molecule has 1 aromatic heterocycles. The van der Waals surface area contributed by atoms with Gasteiger partial charge < -0.3 is 10.3 Å². The molecule has 2 saturated heterocycles. The summed E-state index contributed by atoms with van der Waals surface area (Å²) >= 11 is 0. The number of H-pyrrole nitrogens is 1. The van der Waals surface area contributed by atoms with Gasteiger partial charge >= 0.3 is 6.18 Å². The second kappa shape index (κ2) is 7.74. The van der Waals surface area contributed by atoms with Gasteiger partial charge in [-0.15, -0.1) is 0 Å². The number of nitrogens with one attached hydrogen (secondary N) is 2. The zero-order valence-electron chi connectivity index (χ0n) is 17.8. The van der Waals surface area contributed by atoms with Crippen molar-refractivity contribution in [1.29, 1.82) is 0 Å². The summed E-state index contributed by atoms with van der Waals surface area (Å²) in [6.45, 7) is 5.71. The average molecular weight is 441 g/mol. The number of fused-ring (bicyclic) bond motifs is 3. The molecule has 2 aliphatic heterocycles. The molecule has 0 spiro atoms. The van der Waals surface area contributed by atoms with E-state index in [4.69, 9.17) is 0 Å². The van der Waals surface area contributed by atoms with Gasteiger partial charge in [0.05, 0.1) is 24.1 Å². The molecule has 10 heteroatoms. The summed E-state index contributed by atoms with van der Waals surface area (Å²) in [5.41, 5.74) is -0.0701. The van der Waals surface area contributed by atoms with Crippen LogP contribution in [0.15, 0.2) is 12.1 Å². The molecular weight excluding hydrogens is 414 g/mol. The van der Waals surface area contributed by atoms with Crippen LogP contribution in [0.4, 0.5) is 17.6 Å². The number of rotatable bonds is 5. The Kier molecular flexibility index (Phi) is 5.49. The number of amides is 1. The van der Waals surface area contributed by atoms with Crippen LogP contribution in [0.25, 0.3) is 11.0 Å². The number of hydrogen-bond acceptors (Lipinski definition) is 4. The lowest BCUT2D eigenvalue weighted by molar-refractivity contribution is -0.188. The zero-order chi connectivity index (χ0) is 22.6. The van der Waals surface area contributed by atoms with Gasteiger partial charge in [0.2, 0.25) is 5.91 Å². The fraction of sp³-hybridized carbons (Fsp3) is 0.619. The quantitative estimate of drug-likeness (QED) is 0.700. The van der Waals surface area contributed by atoms with Crippen molar-refractivity contribution >= 4 is 16.9 Å². The van der Waals surface area contributed by atoms with E-state index < -0.39 is 17.6 Å². The normalized spacial score (nSPS) is 22.9. The number of piperazine rings is 1. The largest absolute Gasteiger partial charge is 0.410 e. The number of carbonyl (C=O) groups excluding carboxylic acids is 1. The van der Waals surface area contributed by atoms with Gasteiger partial charge in [-0.05, 0) is 51.3 Å². The molecule has 0 aliphatic carbocycles. The summed E-state index contributed by atoms with van der Waals surface area (Å²) in [6, 6.07) is 3.11. The number of alkyl halides is 3. The lowest BCUT2D eigenvalue weighted by atomic mass is 10.1. The second-order valence-corrected chi connectivity index (χ2v) is 9.22. The smallest absolute Gasteiger partial charge is 0.341 e. The van der Waals surface area contributed by atoms with E-state index in [0.29, 0.717) is 25.2 Å². The molecule has 2 bridgehead atoms. The third-order valence-corrected chi connectivity index (χ3v) is 6.36. The molecule has 2 fully saturated rings. The van der Waals surface area contributed by atoms with E-state index in [9.17, 15) is 22.4 Å². The van der Waals surface area contributed by atoms with Crippen molar-refractivity contribution in [3.05, 3.63) is 29.3 Å². The van der Waals surface area contributed by atoms with E-state index in [2.05, 4.69) is 20.2 Å². The molecule has 2 N–H and O–H groups in total. The maximum Gasteiger partial charge on any atom is 0.410 e.